The lowest BCUT2D eigenvalue weighted by Gasteiger charge is -2.22. The third kappa shape index (κ3) is 4.17. The zero-order chi connectivity index (χ0) is 22.9. The first-order valence-electron chi connectivity index (χ1n) is 10.7. The van der Waals surface area contributed by atoms with Crippen LogP contribution in [0.1, 0.15) is 34.9 Å². The van der Waals surface area contributed by atoms with Gasteiger partial charge in [-0.05, 0) is 31.5 Å². The molecule has 4 aromatic rings. The number of benzene rings is 2. The first-order valence-corrected chi connectivity index (χ1v) is 10.7. The minimum atomic E-state index is -0.411. The van der Waals surface area contributed by atoms with E-state index in [-0.39, 0.29) is 17.6 Å². The Morgan fingerprint density at radius 2 is 2.18 bits per heavy atom. The molecular formula is C24H23N5O4. The van der Waals surface area contributed by atoms with Crippen LogP contribution in [-0.4, -0.2) is 40.2 Å². The summed E-state index contributed by atoms with van der Waals surface area (Å²) in [5, 5.41) is 11.1. The van der Waals surface area contributed by atoms with Crippen LogP contribution in [0.3, 0.4) is 0 Å². The SMILES string of the molecule is COc1cc2nn(C3CCNC(=O)C3)cc2cc1NC(=O)c1coc(-c2cccc(C)c2)n1. The number of anilines is 1. The molecule has 5 rings (SSSR count). The predicted octanol–water partition coefficient (Wildman–Crippen LogP) is 3.71. The number of oxazole rings is 1. The number of hydrogen-bond donors (Lipinski definition) is 2. The summed E-state index contributed by atoms with van der Waals surface area (Å²) < 4.78 is 12.8. The topological polar surface area (TPSA) is 111 Å². The molecular weight excluding hydrogens is 422 g/mol. The van der Waals surface area contributed by atoms with Gasteiger partial charge in [0.2, 0.25) is 11.8 Å². The quantitative estimate of drug-likeness (QED) is 0.484. The van der Waals surface area contributed by atoms with Crippen LogP contribution in [0.15, 0.2) is 53.3 Å². The second kappa shape index (κ2) is 8.42. The van der Waals surface area contributed by atoms with E-state index in [2.05, 4.69) is 20.7 Å². The fourth-order valence-corrected chi connectivity index (χ4v) is 3.99. The first-order chi connectivity index (χ1) is 16.0. The highest BCUT2D eigenvalue weighted by Gasteiger charge is 2.22. The van der Waals surface area contributed by atoms with E-state index in [1.807, 2.05) is 42.1 Å². The van der Waals surface area contributed by atoms with Crippen molar-refractivity contribution >= 4 is 28.4 Å². The van der Waals surface area contributed by atoms with Gasteiger partial charge in [-0.25, -0.2) is 4.98 Å². The van der Waals surface area contributed by atoms with E-state index in [4.69, 9.17) is 9.15 Å². The number of amides is 2. The fourth-order valence-electron chi connectivity index (χ4n) is 3.99. The van der Waals surface area contributed by atoms with Gasteiger partial charge in [0, 0.05) is 36.2 Å². The van der Waals surface area contributed by atoms with Crippen LogP contribution in [0.4, 0.5) is 5.69 Å². The van der Waals surface area contributed by atoms with Gasteiger partial charge >= 0.3 is 0 Å². The summed E-state index contributed by atoms with van der Waals surface area (Å²) in [5.74, 6) is 0.467. The number of carbonyl (C=O) groups excluding carboxylic acids is 2. The van der Waals surface area contributed by atoms with Gasteiger partial charge in [-0.15, -0.1) is 0 Å². The van der Waals surface area contributed by atoms with Crippen molar-refractivity contribution in [2.45, 2.75) is 25.8 Å². The molecule has 0 bridgehead atoms. The predicted molar refractivity (Wildman–Crippen MR) is 122 cm³/mol. The number of carbonyl (C=O) groups is 2. The number of aromatic nitrogens is 3. The molecule has 1 atom stereocenters. The second-order valence-electron chi connectivity index (χ2n) is 8.08. The van der Waals surface area contributed by atoms with Crippen LogP contribution < -0.4 is 15.4 Å². The molecule has 0 aliphatic carbocycles. The highest BCUT2D eigenvalue weighted by molar-refractivity contribution is 6.05. The standard InChI is InChI=1S/C24H23N5O4/c1-14-4-3-5-15(8-14)24-27-20(13-33-24)23(31)26-19-9-16-12-29(17-6-7-25-22(30)10-17)28-18(16)11-21(19)32-2/h3-5,8-9,11-13,17H,6-7,10H2,1-2H3,(H,25,30)(H,26,31). The maximum Gasteiger partial charge on any atom is 0.277 e. The lowest BCUT2D eigenvalue weighted by atomic mass is 10.1. The second-order valence-corrected chi connectivity index (χ2v) is 8.08. The van der Waals surface area contributed by atoms with Crippen LogP contribution in [0, 0.1) is 6.92 Å². The molecule has 0 radical (unpaired) electrons. The van der Waals surface area contributed by atoms with E-state index in [9.17, 15) is 9.59 Å². The van der Waals surface area contributed by atoms with Gasteiger partial charge in [-0.2, -0.15) is 5.10 Å². The molecule has 2 aromatic heterocycles. The average molecular weight is 445 g/mol. The maximum absolute atomic E-state index is 12.9. The Morgan fingerprint density at radius 3 is 2.97 bits per heavy atom. The van der Waals surface area contributed by atoms with Crippen LogP contribution in [0.5, 0.6) is 5.75 Å². The summed E-state index contributed by atoms with van der Waals surface area (Å²) in [6.45, 7) is 2.61. The highest BCUT2D eigenvalue weighted by Crippen LogP contribution is 2.32. The number of rotatable bonds is 5. The fraction of sp³-hybridized carbons (Fsp3) is 0.250. The number of aryl methyl sites for hydroxylation is 1. The van der Waals surface area contributed by atoms with Crippen LogP contribution >= 0.6 is 0 Å². The Balaban J connectivity index is 1.40. The van der Waals surface area contributed by atoms with Crippen LogP contribution in [0.25, 0.3) is 22.4 Å². The van der Waals surface area contributed by atoms with Crippen molar-refractivity contribution in [1.82, 2.24) is 20.1 Å². The van der Waals surface area contributed by atoms with E-state index in [1.165, 1.54) is 13.4 Å². The van der Waals surface area contributed by atoms with E-state index < -0.39 is 5.91 Å². The Morgan fingerprint density at radius 1 is 1.30 bits per heavy atom. The Kier molecular flexibility index (Phi) is 5.29. The minimum absolute atomic E-state index is 0.00496. The van der Waals surface area contributed by atoms with Gasteiger partial charge in [0.25, 0.3) is 5.91 Å². The Bertz CT molecular complexity index is 1360. The third-order valence-electron chi connectivity index (χ3n) is 5.69. The summed E-state index contributed by atoms with van der Waals surface area (Å²) in [7, 11) is 1.53. The van der Waals surface area contributed by atoms with Crippen molar-refractivity contribution in [3.05, 3.63) is 60.1 Å². The van der Waals surface area contributed by atoms with E-state index in [1.54, 1.807) is 12.1 Å². The number of ether oxygens (including phenoxy) is 1. The molecule has 1 saturated heterocycles. The Labute approximate surface area is 189 Å². The summed E-state index contributed by atoms with van der Waals surface area (Å²) in [6, 6.07) is 11.3. The number of hydrogen-bond acceptors (Lipinski definition) is 6. The molecule has 2 N–H and O–H groups in total. The third-order valence-corrected chi connectivity index (χ3v) is 5.69. The highest BCUT2D eigenvalue weighted by atomic mass is 16.5. The van der Waals surface area contributed by atoms with Crippen molar-refractivity contribution in [3.8, 4) is 17.2 Å². The van der Waals surface area contributed by atoms with Gasteiger partial charge in [-0.1, -0.05) is 17.7 Å². The van der Waals surface area contributed by atoms with E-state index in [0.717, 1.165) is 28.5 Å². The number of nitrogens with zero attached hydrogens (tertiary/aromatic N) is 3. The summed E-state index contributed by atoms with van der Waals surface area (Å²) in [6.07, 6.45) is 4.43. The maximum atomic E-state index is 12.9. The van der Waals surface area contributed by atoms with Crippen molar-refractivity contribution < 1.29 is 18.7 Å². The molecule has 33 heavy (non-hydrogen) atoms. The van der Waals surface area contributed by atoms with E-state index in [0.29, 0.717) is 30.3 Å². The zero-order valence-electron chi connectivity index (χ0n) is 18.3. The van der Waals surface area contributed by atoms with Crippen LogP contribution in [0.2, 0.25) is 0 Å². The van der Waals surface area contributed by atoms with Crippen molar-refractivity contribution in [2.24, 2.45) is 0 Å². The molecule has 168 valence electrons. The minimum Gasteiger partial charge on any atom is -0.494 e. The van der Waals surface area contributed by atoms with E-state index >= 15 is 0 Å². The molecule has 1 aliphatic heterocycles. The molecule has 3 heterocycles. The lowest BCUT2D eigenvalue weighted by molar-refractivity contribution is -0.123. The normalized spacial score (nSPS) is 15.9. The molecule has 1 unspecified atom stereocenters. The van der Waals surface area contributed by atoms with Gasteiger partial charge in [-0.3, -0.25) is 14.3 Å². The molecule has 2 amide bonds. The van der Waals surface area contributed by atoms with Gasteiger partial charge in [0.15, 0.2) is 5.69 Å². The molecule has 0 saturated carbocycles. The zero-order valence-corrected chi connectivity index (χ0v) is 18.3. The van der Waals surface area contributed by atoms with Crippen molar-refractivity contribution in [1.29, 1.82) is 0 Å². The molecule has 1 aliphatic rings. The number of fused-ring (bicyclic) bond motifs is 1. The van der Waals surface area contributed by atoms with Crippen LogP contribution in [-0.2, 0) is 4.79 Å². The Hall–Kier alpha value is -4.14. The summed E-state index contributed by atoms with van der Waals surface area (Å²) in [4.78, 5) is 28.9. The van der Waals surface area contributed by atoms with Gasteiger partial charge < -0.3 is 19.8 Å². The summed E-state index contributed by atoms with van der Waals surface area (Å²) >= 11 is 0. The lowest BCUT2D eigenvalue weighted by Crippen LogP contribution is -2.34. The molecule has 9 nitrogen and oxygen atoms in total. The average Bonchev–Trinajstić information content (AvgIpc) is 3.46. The van der Waals surface area contributed by atoms with Crippen molar-refractivity contribution in [2.75, 3.05) is 19.0 Å². The number of methoxy groups -OCH3 is 1. The molecule has 0 spiro atoms. The van der Waals surface area contributed by atoms with Crippen molar-refractivity contribution in [3.63, 3.8) is 0 Å². The first kappa shape index (κ1) is 20.7. The summed E-state index contributed by atoms with van der Waals surface area (Å²) in [5.41, 5.74) is 3.26. The number of piperidine rings is 1. The smallest absolute Gasteiger partial charge is 0.277 e. The van der Waals surface area contributed by atoms with Gasteiger partial charge in [0.1, 0.15) is 12.0 Å². The molecule has 9 heteroatoms. The molecule has 2 aromatic carbocycles. The largest absolute Gasteiger partial charge is 0.494 e. The number of nitrogens with one attached hydrogen (secondary N) is 2. The van der Waals surface area contributed by atoms with Gasteiger partial charge in [0.05, 0.1) is 24.4 Å². The molecule has 1 fully saturated rings. The monoisotopic (exact) mass is 445 g/mol.